The normalized spacial score (nSPS) is 10.8. The fraction of sp³-hybridized carbons (Fsp3) is 0.0870. The highest BCUT2D eigenvalue weighted by molar-refractivity contribution is 7.99. The maximum atomic E-state index is 13.5. The lowest BCUT2D eigenvalue weighted by Crippen LogP contribution is -2.14. The van der Waals surface area contributed by atoms with Crippen molar-refractivity contribution in [3.63, 3.8) is 0 Å². The zero-order valence-electron chi connectivity index (χ0n) is 16.5. The zero-order chi connectivity index (χ0) is 21.8. The number of halogens is 2. The smallest absolute Gasteiger partial charge is 0.234 e. The molecular weight excluding hydrogens is 435 g/mol. The second-order valence-electron chi connectivity index (χ2n) is 6.83. The molecule has 1 N–H and O–H groups in total. The van der Waals surface area contributed by atoms with Crippen LogP contribution >= 0.6 is 23.4 Å². The van der Waals surface area contributed by atoms with Crippen LogP contribution in [0.15, 0.2) is 78.0 Å². The summed E-state index contributed by atoms with van der Waals surface area (Å²) in [6.45, 7) is 1.99. The van der Waals surface area contributed by atoms with E-state index in [1.54, 1.807) is 28.8 Å². The third-order valence-electron chi connectivity index (χ3n) is 4.49. The summed E-state index contributed by atoms with van der Waals surface area (Å²) in [5, 5.41) is 12.6. The molecule has 0 saturated carbocycles. The molecule has 0 aliphatic heterocycles. The molecule has 5 nitrogen and oxygen atoms in total. The highest BCUT2D eigenvalue weighted by Gasteiger charge is 2.17. The van der Waals surface area contributed by atoms with Gasteiger partial charge < -0.3 is 5.32 Å². The highest BCUT2D eigenvalue weighted by atomic mass is 35.5. The van der Waals surface area contributed by atoms with Crippen molar-refractivity contribution in [1.29, 1.82) is 0 Å². The molecule has 0 spiro atoms. The third-order valence-corrected chi connectivity index (χ3v) is 5.67. The monoisotopic (exact) mass is 452 g/mol. The minimum Gasteiger partial charge on any atom is -0.325 e. The summed E-state index contributed by atoms with van der Waals surface area (Å²) in [6, 6.07) is 20.8. The van der Waals surface area contributed by atoms with Crippen LogP contribution in [-0.2, 0) is 4.79 Å². The van der Waals surface area contributed by atoms with Crippen LogP contribution in [-0.4, -0.2) is 26.4 Å². The zero-order valence-corrected chi connectivity index (χ0v) is 18.1. The summed E-state index contributed by atoms with van der Waals surface area (Å²) < 4.78 is 15.3. The van der Waals surface area contributed by atoms with Crippen molar-refractivity contribution >= 4 is 35.0 Å². The molecule has 4 rings (SSSR count). The molecule has 0 saturated heterocycles. The van der Waals surface area contributed by atoms with Crippen molar-refractivity contribution in [2.75, 3.05) is 11.1 Å². The van der Waals surface area contributed by atoms with Crippen molar-refractivity contribution in [3.8, 4) is 17.1 Å². The minimum absolute atomic E-state index is 0.147. The van der Waals surface area contributed by atoms with Crippen LogP contribution in [0.4, 0.5) is 10.1 Å². The predicted molar refractivity (Wildman–Crippen MR) is 122 cm³/mol. The Bertz CT molecular complexity index is 1190. The van der Waals surface area contributed by atoms with Crippen molar-refractivity contribution in [1.82, 2.24) is 14.8 Å². The van der Waals surface area contributed by atoms with Gasteiger partial charge in [-0.3, -0.25) is 9.36 Å². The number of hydrogen-bond donors (Lipinski definition) is 1. The van der Waals surface area contributed by atoms with E-state index in [1.165, 1.54) is 23.9 Å². The number of aryl methyl sites for hydroxylation is 1. The number of carbonyl (C=O) groups excluding carboxylic acids is 1. The molecule has 0 radical (unpaired) electrons. The SMILES string of the molecule is Cc1ccc(NC(=O)CSc2nnc(-c3ccc(Cl)cc3)n2-c2ccc(F)cc2)cc1. The Labute approximate surface area is 188 Å². The number of rotatable bonds is 6. The first kappa shape index (κ1) is 21.1. The van der Waals surface area contributed by atoms with Crippen molar-refractivity contribution < 1.29 is 9.18 Å². The van der Waals surface area contributed by atoms with Crippen molar-refractivity contribution in [2.45, 2.75) is 12.1 Å². The Morgan fingerprint density at radius 1 is 1.00 bits per heavy atom. The Kier molecular flexibility index (Phi) is 6.34. The number of nitrogens with one attached hydrogen (secondary N) is 1. The number of benzene rings is 3. The number of hydrogen-bond acceptors (Lipinski definition) is 4. The van der Waals surface area contributed by atoms with Crippen LogP contribution in [0.5, 0.6) is 0 Å². The number of aromatic nitrogens is 3. The van der Waals surface area contributed by atoms with Gasteiger partial charge in [-0.2, -0.15) is 0 Å². The molecule has 1 heterocycles. The molecule has 0 atom stereocenters. The lowest BCUT2D eigenvalue weighted by atomic mass is 10.2. The fourth-order valence-corrected chi connectivity index (χ4v) is 3.81. The molecule has 3 aromatic carbocycles. The first-order chi connectivity index (χ1) is 15.0. The summed E-state index contributed by atoms with van der Waals surface area (Å²) in [5.41, 5.74) is 3.35. The van der Waals surface area contributed by atoms with E-state index < -0.39 is 0 Å². The molecule has 8 heteroatoms. The van der Waals surface area contributed by atoms with Gasteiger partial charge in [-0.05, 0) is 67.6 Å². The van der Waals surface area contributed by atoms with Crippen LogP contribution in [0.3, 0.4) is 0 Å². The van der Waals surface area contributed by atoms with E-state index in [4.69, 9.17) is 11.6 Å². The molecule has 0 aliphatic rings. The Morgan fingerprint density at radius 2 is 1.68 bits per heavy atom. The maximum Gasteiger partial charge on any atom is 0.234 e. The lowest BCUT2D eigenvalue weighted by molar-refractivity contribution is -0.113. The number of anilines is 1. The summed E-state index contributed by atoms with van der Waals surface area (Å²) in [5.74, 6) is 0.227. The van der Waals surface area contributed by atoms with Crippen LogP contribution < -0.4 is 5.32 Å². The summed E-state index contributed by atoms with van der Waals surface area (Å²) in [6.07, 6.45) is 0. The molecule has 31 heavy (non-hydrogen) atoms. The number of amides is 1. The van der Waals surface area contributed by atoms with Gasteiger partial charge in [0.15, 0.2) is 11.0 Å². The average molecular weight is 453 g/mol. The van der Waals surface area contributed by atoms with Gasteiger partial charge in [0.2, 0.25) is 5.91 Å². The quantitative estimate of drug-likeness (QED) is 0.377. The van der Waals surface area contributed by atoms with Gasteiger partial charge in [-0.1, -0.05) is 41.1 Å². The number of nitrogens with zero attached hydrogens (tertiary/aromatic N) is 3. The van der Waals surface area contributed by atoms with Gasteiger partial charge in [0.1, 0.15) is 5.82 Å². The molecule has 0 unspecified atom stereocenters. The highest BCUT2D eigenvalue weighted by Crippen LogP contribution is 2.29. The van der Waals surface area contributed by atoms with Gasteiger partial charge in [-0.25, -0.2) is 4.39 Å². The Balaban J connectivity index is 1.59. The third kappa shape index (κ3) is 5.13. The molecule has 0 fully saturated rings. The molecule has 1 aromatic heterocycles. The topological polar surface area (TPSA) is 59.8 Å². The van der Waals surface area contributed by atoms with E-state index in [1.807, 2.05) is 43.3 Å². The Hall–Kier alpha value is -3.16. The second kappa shape index (κ2) is 9.32. The average Bonchev–Trinajstić information content (AvgIpc) is 3.19. The lowest BCUT2D eigenvalue weighted by Gasteiger charge is -2.11. The summed E-state index contributed by atoms with van der Waals surface area (Å²) >= 11 is 7.26. The molecule has 0 aliphatic carbocycles. The van der Waals surface area contributed by atoms with Gasteiger partial charge >= 0.3 is 0 Å². The van der Waals surface area contributed by atoms with Gasteiger partial charge in [0.05, 0.1) is 5.75 Å². The van der Waals surface area contributed by atoms with Crippen LogP contribution in [0.1, 0.15) is 5.56 Å². The first-order valence-corrected chi connectivity index (χ1v) is 10.8. The summed E-state index contributed by atoms with van der Waals surface area (Å²) in [4.78, 5) is 12.4. The van der Waals surface area contributed by atoms with Crippen LogP contribution in [0.25, 0.3) is 17.1 Å². The summed E-state index contributed by atoms with van der Waals surface area (Å²) in [7, 11) is 0. The van der Waals surface area contributed by atoms with E-state index in [0.29, 0.717) is 21.7 Å². The molecule has 4 aromatic rings. The van der Waals surface area contributed by atoms with Crippen molar-refractivity contribution in [3.05, 3.63) is 89.2 Å². The maximum absolute atomic E-state index is 13.5. The molecule has 0 bridgehead atoms. The van der Waals surface area contributed by atoms with E-state index in [0.717, 1.165) is 16.8 Å². The molecule has 1 amide bonds. The molecular formula is C23H18ClFN4OS. The number of carbonyl (C=O) groups is 1. The van der Waals surface area contributed by atoms with Crippen LogP contribution in [0.2, 0.25) is 5.02 Å². The second-order valence-corrected chi connectivity index (χ2v) is 8.21. The van der Waals surface area contributed by atoms with Crippen LogP contribution in [0, 0.1) is 12.7 Å². The largest absolute Gasteiger partial charge is 0.325 e. The van der Waals surface area contributed by atoms with E-state index in [2.05, 4.69) is 15.5 Å². The Morgan fingerprint density at radius 3 is 2.35 bits per heavy atom. The van der Waals surface area contributed by atoms with E-state index in [9.17, 15) is 9.18 Å². The van der Waals surface area contributed by atoms with Crippen molar-refractivity contribution in [2.24, 2.45) is 0 Å². The predicted octanol–water partition coefficient (Wildman–Crippen LogP) is 5.77. The van der Waals surface area contributed by atoms with Gasteiger partial charge in [0, 0.05) is 22.0 Å². The first-order valence-electron chi connectivity index (χ1n) is 9.46. The van der Waals surface area contributed by atoms with E-state index in [-0.39, 0.29) is 17.5 Å². The number of thioether (sulfide) groups is 1. The fourth-order valence-electron chi connectivity index (χ4n) is 2.94. The van der Waals surface area contributed by atoms with E-state index >= 15 is 0 Å². The minimum atomic E-state index is -0.337. The van der Waals surface area contributed by atoms with Gasteiger partial charge in [0.25, 0.3) is 0 Å². The van der Waals surface area contributed by atoms with Gasteiger partial charge in [-0.15, -0.1) is 10.2 Å². The standard InChI is InChI=1S/C23H18ClFN4OS/c1-15-2-10-19(11-3-15)26-21(30)14-31-23-28-27-22(16-4-6-17(24)7-5-16)29(23)20-12-8-18(25)9-13-20/h2-13H,14H2,1H3,(H,26,30). The molecule has 156 valence electrons.